The molecule has 1 aliphatic heterocycles. The van der Waals surface area contributed by atoms with E-state index in [1.54, 1.807) is 0 Å². The molecule has 2 heteroatoms. The molecule has 1 aliphatic rings. The number of cyclic esters (lactones) is 1. The number of carbonyl (C=O) groups is 1. The molecule has 1 saturated heterocycles. The summed E-state index contributed by atoms with van der Waals surface area (Å²) in [5, 5.41) is 0. The second kappa shape index (κ2) is 2.21. The lowest BCUT2D eigenvalue weighted by Crippen LogP contribution is -1.98. The molecule has 50 valence electrons. The zero-order valence-electron chi connectivity index (χ0n) is 5.52. The van der Waals surface area contributed by atoms with Crippen LogP contribution >= 0.6 is 0 Å². The highest BCUT2D eigenvalue weighted by atomic mass is 16.5. The Balaban J connectivity index is 2.48. The maximum atomic E-state index is 10.5. The van der Waals surface area contributed by atoms with Gasteiger partial charge in [-0.1, -0.05) is 12.2 Å². The van der Waals surface area contributed by atoms with Gasteiger partial charge in [0.05, 0.1) is 13.0 Å². The SMILES string of the molecule is C=C(C)[C@@H]1COC(=O)C1. The Hall–Kier alpha value is -0.790. The molecule has 0 aromatic heterocycles. The van der Waals surface area contributed by atoms with E-state index >= 15 is 0 Å². The lowest BCUT2D eigenvalue weighted by Gasteiger charge is -2.01. The summed E-state index contributed by atoms with van der Waals surface area (Å²) in [6.45, 7) is 6.20. The Morgan fingerprint density at radius 1 is 1.89 bits per heavy atom. The minimum Gasteiger partial charge on any atom is -0.465 e. The maximum absolute atomic E-state index is 10.5. The highest BCUT2D eigenvalue weighted by Gasteiger charge is 2.23. The molecule has 0 saturated carbocycles. The zero-order chi connectivity index (χ0) is 6.85. The first-order valence-electron chi connectivity index (χ1n) is 3.01. The summed E-state index contributed by atoms with van der Waals surface area (Å²) in [7, 11) is 0. The van der Waals surface area contributed by atoms with E-state index < -0.39 is 0 Å². The van der Waals surface area contributed by atoms with Crippen LogP contribution in [0, 0.1) is 5.92 Å². The fourth-order valence-electron chi connectivity index (χ4n) is 0.829. The third-order valence-corrected chi connectivity index (χ3v) is 1.56. The fraction of sp³-hybridized carbons (Fsp3) is 0.571. The molecule has 0 aromatic rings. The van der Waals surface area contributed by atoms with Crippen LogP contribution < -0.4 is 0 Å². The van der Waals surface area contributed by atoms with Crippen molar-refractivity contribution in [2.45, 2.75) is 13.3 Å². The minimum atomic E-state index is -0.0944. The number of carbonyl (C=O) groups excluding carboxylic acids is 1. The normalized spacial score (nSPS) is 25.9. The highest BCUT2D eigenvalue weighted by Crippen LogP contribution is 2.19. The first kappa shape index (κ1) is 6.33. The number of rotatable bonds is 1. The second-order valence-corrected chi connectivity index (χ2v) is 2.43. The quantitative estimate of drug-likeness (QED) is 0.389. The first-order chi connectivity index (χ1) is 4.20. The van der Waals surface area contributed by atoms with Gasteiger partial charge in [-0.2, -0.15) is 0 Å². The van der Waals surface area contributed by atoms with Gasteiger partial charge in [0.15, 0.2) is 0 Å². The van der Waals surface area contributed by atoms with Crippen LogP contribution in [0.3, 0.4) is 0 Å². The van der Waals surface area contributed by atoms with Crippen molar-refractivity contribution in [1.29, 1.82) is 0 Å². The van der Waals surface area contributed by atoms with E-state index in [4.69, 9.17) is 4.74 Å². The molecule has 1 heterocycles. The maximum Gasteiger partial charge on any atom is 0.306 e. The average Bonchev–Trinajstić information content (AvgIpc) is 2.14. The van der Waals surface area contributed by atoms with Crippen LogP contribution in [0.25, 0.3) is 0 Å². The van der Waals surface area contributed by atoms with Crippen molar-refractivity contribution in [1.82, 2.24) is 0 Å². The van der Waals surface area contributed by atoms with Crippen LogP contribution in [-0.2, 0) is 9.53 Å². The van der Waals surface area contributed by atoms with Crippen molar-refractivity contribution in [3.63, 3.8) is 0 Å². The predicted octanol–water partition coefficient (Wildman–Crippen LogP) is 1.13. The standard InChI is InChI=1S/C7H10O2/c1-5(2)6-3-7(8)9-4-6/h6H,1,3-4H2,2H3/t6-/m0/s1. The van der Waals surface area contributed by atoms with Gasteiger partial charge in [0.25, 0.3) is 0 Å². The molecule has 0 aliphatic carbocycles. The topological polar surface area (TPSA) is 26.3 Å². The fourth-order valence-corrected chi connectivity index (χ4v) is 0.829. The van der Waals surface area contributed by atoms with Crippen molar-refractivity contribution in [3.8, 4) is 0 Å². The number of hydrogen-bond donors (Lipinski definition) is 0. The van der Waals surface area contributed by atoms with Crippen LogP contribution in [0.1, 0.15) is 13.3 Å². The molecule has 0 spiro atoms. The van der Waals surface area contributed by atoms with Gasteiger partial charge in [-0.05, 0) is 6.92 Å². The third kappa shape index (κ3) is 1.31. The zero-order valence-corrected chi connectivity index (χ0v) is 5.52. The molecule has 0 radical (unpaired) electrons. The third-order valence-electron chi connectivity index (χ3n) is 1.56. The molecule has 0 aromatic carbocycles. The Bertz CT molecular complexity index is 149. The number of esters is 1. The molecular formula is C7H10O2. The molecular weight excluding hydrogens is 116 g/mol. The van der Waals surface area contributed by atoms with Crippen LogP contribution in [0.5, 0.6) is 0 Å². The first-order valence-corrected chi connectivity index (χ1v) is 3.01. The molecule has 0 amide bonds. The summed E-state index contributed by atoms with van der Waals surface area (Å²) in [5.41, 5.74) is 1.04. The summed E-state index contributed by atoms with van der Waals surface area (Å²) in [4.78, 5) is 10.5. The van der Waals surface area contributed by atoms with E-state index in [0.29, 0.717) is 13.0 Å². The predicted molar refractivity (Wildman–Crippen MR) is 33.9 cm³/mol. The highest BCUT2D eigenvalue weighted by molar-refractivity contribution is 5.72. The monoisotopic (exact) mass is 126 g/mol. The van der Waals surface area contributed by atoms with E-state index in [-0.39, 0.29) is 11.9 Å². The van der Waals surface area contributed by atoms with E-state index in [9.17, 15) is 4.79 Å². The van der Waals surface area contributed by atoms with E-state index in [2.05, 4.69) is 6.58 Å². The molecule has 0 bridgehead atoms. The summed E-state index contributed by atoms with van der Waals surface area (Å²) >= 11 is 0. The lowest BCUT2D eigenvalue weighted by molar-refractivity contribution is -0.137. The van der Waals surface area contributed by atoms with Gasteiger partial charge in [0.2, 0.25) is 0 Å². The summed E-state index contributed by atoms with van der Waals surface area (Å²) in [6.07, 6.45) is 0.523. The smallest absolute Gasteiger partial charge is 0.306 e. The molecule has 0 unspecified atom stereocenters. The Kier molecular flexibility index (Phi) is 1.56. The van der Waals surface area contributed by atoms with Crippen LogP contribution in [0.15, 0.2) is 12.2 Å². The van der Waals surface area contributed by atoms with Gasteiger partial charge < -0.3 is 4.74 Å². The lowest BCUT2D eigenvalue weighted by atomic mass is 10.0. The molecule has 1 rings (SSSR count). The van der Waals surface area contributed by atoms with E-state index in [0.717, 1.165) is 5.57 Å². The summed E-state index contributed by atoms with van der Waals surface area (Å²) in [5.74, 6) is 0.181. The van der Waals surface area contributed by atoms with Crippen molar-refractivity contribution >= 4 is 5.97 Å². The molecule has 1 atom stereocenters. The Morgan fingerprint density at radius 2 is 2.56 bits per heavy atom. The van der Waals surface area contributed by atoms with Crippen molar-refractivity contribution in [2.75, 3.05) is 6.61 Å². The number of ether oxygens (including phenoxy) is 1. The van der Waals surface area contributed by atoms with E-state index in [1.807, 2.05) is 6.92 Å². The van der Waals surface area contributed by atoms with Gasteiger partial charge in [-0.15, -0.1) is 0 Å². The summed E-state index contributed by atoms with van der Waals surface area (Å²) in [6, 6.07) is 0. The van der Waals surface area contributed by atoms with Gasteiger partial charge in [-0.25, -0.2) is 0 Å². The van der Waals surface area contributed by atoms with Gasteiger partial charge in [-0.3, -0.25) is 4.79 Å². The minimum absolute atomic E-state index is 0.0944. The molecule has 2 nitrogen and oxygen atoms in total. The van der Waals surface area contributed by atoms with Crippen LogP contribution in [0.2, 0.25) is 0 Å². The van der Waals surface area contributed by atoms with E-state index in [1.165, 1.54) is 0 Å². The summed E-state index contributed by atoms with van der Waals surface area (Å²) < 4.78 is 4.73. The second-order valence-electron chi connectivity index (χ2n) is 2.43. The van der Waals surface area contributed by atoms with Crippen molar-refractivity contribution < 1.29 is 9.53 Å². The van der Waals surface area contributed by atoms with Gasteiger partial charge in [0.1, 0.15) is 0 Å². The molecule has 1 fully saturated rings. The number of hydrogen-bond acceptors (Lipinski definition) is 2. The van der Waals surface area contributed by atoms with Crippen LogP contribution in [0.4, 0.5) is 0 Å². The molecule has 9 heavy (non-hydrogen) atoms. The largest absolute Gasteiger partial charge is 0.465 e. The van der Waals surface area contributed by atoms with Gasteiger partial charge in [0, 0.05) is 5.92 Å². The average molecular weight is 126 g/mol. The van der Waals surface area contributed by atoms with Crippen LogP contribution in [-0.4, -0.2) is 12.6 Å². The van der Waals surface area contributed by atoms with Crippen molar-refractivity contribution in [2.24, 2.45) is 5.92 Å². The Morgan fingerprint density at radius 3 is 2.78 bits per heavy atom. The Labute approximate surface area is 54.5 Å². The van der Waals surface area contributed by atoms with Crippen molar-refractivity contribution in [3.05, 3.63) is 12.2 Å². The molecule has 0 N–H and O–H groups in total. The van der Waals surface area contributed by atoms with Gasteiger partial charge >= 0.3 is 5.97 Å².